The average Bonchev–Trinajstić information content (AvgIpc) is 2.28. The topological polar surface area (TPSA) is 65.2 Å². The third kappa shape index (κ3) is 3.83. The van der Waals surface area contributed by atoms with Crippen molar-refractivity contribution in [2.45, 2.75) is 24.3 Å². The van der Waals surface area contributed by atoms with Gasteiger partial charge < -0.3 is 10.5 Å². The van der Waals surface area contributed by atoms with E-state index in [1.165, 1.54) is 11.8 Å². The Hall–Kier alpha value is -1.07. The Morgan fingerprint density at radius 1 is 1.56 bits per heavy atom. The van der Waals surface area contributed by atoms with Gasteiger partial charge in [-0.1, -0.05) is 0 Å². The van der Waals surface area contributed by atoms with Gasteiger partial charge in [-0.05, 0) is 26.0 Å². The summed E-state index contributed by atoms with van der Waals surface area (Å²) >= 11 is 1.52. The maximum absolute atomic E-state index is 11.5. The van der Waals surface area contributed by atoms with Crippen molar-refractivity contribution in [2.24, 2.45) is 5.73 Å². The molecule has 0 saturated carbocycles. The number of rotatable bonds is 5. The lowest BCUT2D eigenvalue weighted by Crippen LogP contribution is -2.48. The first kappa shape index (κ1) is 13.0. The molecule has 4 nitrogen and oxygen atoms in total. The lowest BCUT2D eigenvalue weighted by atomic mass is 10.1. The van der Waals surface area contributed by atoms with E-state index in [4.69, 9.17) is 10.5 Å². The molecule has 0 aliphatic carbocycles. The van der Waals surface area contributed by atoms with Gasteiger partial charge in [0.25, 0.3) is 0 Å². The van der Waals surface area contributed by atoms with Gasteiger partial charge in [0.2, 0.25) is 0 Å². The summed E-state index contributed by atoms with van der Waals surface area (Å²) in [6.45, 7) is 3.80. The Morgan fingerprint density at radius 3 is 2.75 bits per heavy atom. The van der Waals surface area contributed by atoms with E-state index in [1.54, 1.807) is 26.2 Å². The molecule has 1 heterocycles. The number of carbonyl (C=O) groups is 1. The minimum absolute atomic E-state index is 0.353. The third-order valence-electron chi connectivity index (χ3n) is 1.93. The quantitative estimate of drug-likeness (QED) is 0.623. The molecule has 0 saturated heterocycles. The highest BCUT2D eigenvalue weighted by Crippen LogP contribution is 2.21. The van der Waals surface area contributed by atoms with Gasteiger partial charge in [0.1, 0.15) is 5.54 Å². The van der Waals surface area contributed by atoms with Crippen LogP contribution in [-0.2, 0) is 9.53 Å². The molecule has 0 aliphatic rings. The molecule has 1 aromatic heterocycles. The van der Waals surface area contributed by atoms with E-state index in [1.807, 2.05) is 12.1 Å². The predicted octanol–water partition coefficient (Wildman–Crippen LogP) is 1.45. The first-order valence-electron chi connectivity index (χ1n) is 5.05. The Labute approximate surface area is 99.6 Å². The van der Waals surface area contributed by atoms with Crippen LogP contribution in [0.15, 0.2) is 29.4 Å². The van der Waals surface area contributed by atoms with Crippen LogP contribution in [0.3, 0.4) is 0 Å². The van der Waals surface area contributed by atoms with Crippen molar-refractivity contribution >= 4 is 17.7 Å². The van der Waals surface area contributed by atoms with Gasteiger partial charge in [-0.15, -0.1) is 11.8 Å². The molecule has 1 aromatic rings. The van der Waals surface area contributed by atoms with E-state index >= 15 is 0 Å². The molecule has 0 radical (unpaired) electrons. The number of nitrogens with two attached hydrogens (primary N) is 1. The summed E-state index contributed by atoms with van der Waals surface area (Å²) in [5.41, 5.74) is 4.93. The smallest absolute Gasteiger partial charge is 0.326 e. The van der Waals surface area contributed by atoms with Crippen molar-refractivity contribution in [3.63, 3.8) is 0 Å². The zero-order chi connectivity index (χ0) is 12.0. The van der Waals surface area contributed by atoms with Gasteiger partial charge in [-0.3, -0.25) is 9.78 Å². The van der Waals surface area contributed by atoms with Crippen LogP contribution in [0.5, 0.6) is 0 Å². The molecular formula is C11H16N2O2S. The number of hydrogen-bond donors (Lipinski definition) is 1. The van der Waals surface area contributed by atoms with Gasteiger partial charge >= 0.3 is 5.97 Å². The van der Waals surface area contributed by atoms with E-state index in [0.29, 0.717) is 12.4 Å². The van der Waals surface area contributed by atoms with Crippen LogP contribution in [0.25, 0.3) is 0 Å². The van der Waals surface area contributed by atoms with Crippen LogP contribution in [0, 0.1) is 0 Å². The fraction of sp³-hybridized carbons (Fsp3) is 0.455. The fourth-order valence-corrected chi connectivity index (χ4v) is 1.92. The molecule has 0 aromatic carbocycles. The van der Waals surface area contributed by atoms with Crippen molar-refractivity contribution < 1.29 is 9.53 Å². The van der Waals surface area contributed by atoms with Crippen LogP contribution < -0.4 is 5.73 Å². The molecule has 0 amide bonds. The highest BCUT2D eigenvalue weighted by molar-refractivity contribution is 7.99. The highest BCUT2D eigenvalue weighted by Gasteiger charge is 2.29. The van der Waals surface area contributed by atoms with E-state index in [2.05, 4.69) is 4.98 Å². The molecule has 0 bridgehead atoms. The number of nitrogens with zero attached hydrogens (tertiary/aromatic N) is 1. The molecule has 0 aliphatic heterocycles. The molecule has 1 atom stereocenters. The first-order chi connectivity index (χ1) is 7.56. The molecule has 5 heteroatoms. The second-order valence-corrected chi connectivity index (χ2v) is 4.66. The number of pyridine rings is 1. The summed E-state index contributed by atoms with van der Waals surface area (Å²) in [5.74, 6) is 0.118. The number of esters is 1. The van der Waals surface area contributed by atoms with Gasteiger partial charge in [-0.2, -0.15) is 0 Å². The second-order valence-electron chi connectivity index (χ2n) is 3.61. The van der Waals surface area contributed by atoms with Gasteiger partial charge in [0.05, 0.1) is 6.61 Å². The minimum atomic E-state index is -0.954. The van der Waals surface area contributed by atoms with E-state index < -0.39 is 5.54 Å². The van der Waals surface area contributed by atoms with Crippen LogP contribution in [0.2, 0.25) is 0 Å². The van der Waals surface area contributed by atoms with Gasteiger partial charge in [0, 0.05) is 23.0 Å². The molecule has 1 unspecified atom stereocenters. The van der Waals surface area contributed by atoms with Crippen molar-refractivity contribution in [1.29, 1.82) is 0 Å². The van der Waals surface area contributed by atoms with Gasteiger partial charge in [-0.25, -0.2) is 0 Å². The summed E-state index contributed by atoms with van der Waals surface area (Å²) < 4.78 is 4.91. The number of carbonyl (C=O) groups excluding carboxylic acids is 1. The molecule has 0 spiro atoms. The van der Waals surface area contributed by atoms with Gasteiger partial charge in [0.15, 0.2) is 0 Å². The largest absolute Gasteiger partial charge is 0.465 e. The van der Waals surface area contributed by atoms with Crippen molar-refractivity contribution in [3.05, 3.63) is 24.5 Å². The first-order valence-corrected chi connectivity index (χ1v) is 6.04. The Balaban J connectivity index is 2.51. The zero-order valence-corrected chi connectivity index (χ0v) is 10.3. The SMILES string of the molecule is CCOC(=O)C(C)(N)CSc1ccncc1. The van der Waals surface area contributed by atoms with Crippen LogP contribution >= 0.6 is 11.8 Å². The molecule has 0 fully saturated rings. The normalized spacial score (nSPS) is 14.2. The third-order valence-corrected chi connectivity index (χ3v) is 3.28. The van der Waals surface area contributed by atoms with Crippen LogP contribution in [0.1, 0.15) is 13.8 Å². The maximum Gasteiger partial charge on any atom is 0.326 e. The van der Waals surface area contributed by atoms with E-state index in [9.17, 15) is 4.79 Å². The average molecular weight is 240 g/mol. The molecule has 1 rings (SSSR count). The fourth-order valence-electron chi connectivity index (χ4n) is 1.02. The number of hydrogen-bond acceptors (Lipinski definition) is 5. The van der Waals surface area contributed by atoms with Crippen LogP contribution in [-0.4, -0.2) is 28.9 Å². The summed E-state index contributed by atoms with van der Waals surface area (Å²) in [6.07, 6.45) is 3.42. The molecule has 2 N–H and O–H groups in total. The molecule has 88 valence electrons. The zero-order valence-electron chi connectivity index (χ0n) is 9.47. The minimum Gasteiger partial charge on any atom is -0.465 e. The van der Waals surface area contributed by atoms with E-state index in [0.717, 1.165) is 4.90 Å². The van der Waals surface area contributed by atoms with Crippen molar-refractivity contribution in [1.82, 2.24) is 4.98 Å². The number of ether oxygens (including phenoxy) is 1. The lowest BCUT2D eigenvalue weighted by Gasteiger charge is -2.21. The lowest BCUT2D eigenvalue weighted by molar-refractivity contribution is -0.148. The van der Waals surface area contributed by atoms with E-state index in [-0.39, 0.29) is 5.97 Å². The van der Waals surface area contributed by atoms with Crippen molar-refractivity contribution in [2.75, 3.05) is 12.4 Å². The number of thioether (sulfide) groups is 1. The maximum atomic E-state index is 11.5. The number of aromatic nitrogens is 1. The Bertz CT molecular complexity index is 341. The summed E-state index contributed by atoms with van der Waals surface area (Å²) in [7, 11) is 0. The monoisotopic (exact) mass is 240 g/mol. The summed E-state index contributed by atoms with van der Waals surface area (Å²) in [4.78, 5) is 16.5. The molecular weight excluding hydrogens is 224 g/mol. The summed E-state index contributed by atoms with van der Waals surface area (Å²) in [5, 5.41) is 0. The Morgan fingerprint density at radius 2 is 2.19 bits per heavy atom. The highest BCUT2D eigenvalue weighted by atomic mass is 32.2. The predicted molar refractivity (Wildman–Crippen MR) is 64.2 cm³/mol. The second kappa shape index (κ2) is 5.86. The van der Waals surface area contributed by atoms with Crippen LogP contribution in [0.4, 0.5) is 0 Å². The summed E-state index contributed by atoms with van der Waals surface area (Å²) in [6, 6.07) is 3.76. The Kier molecular flexibility index (Phi) is 4.76. The standard InChI is InChI=1S/C11H16N2O2S/c1-3-15-10(14)11(2,12)8-16-9-4-6-13-7-5-9/h4-7H,3,8,12H2,1-2H3. The van der Waals surface area contributed by atoms with Crippen molar-refractivity contribution in [3.8, 4) is 0 Å². The molecule has 16 heavy (non-hydrogen) atoms.